The molecule has 1 rings (SSSR count). The standard InChI is InChI=1S/C11H22N2O3/c1-11(2,15-3)10(14)12-4-5-13-6-8-16-9-7-13/h4-9H2,1-3H3,(H,12,14). The first kappa shape index (κ1) is 13.4. The van der Waals surface area contributed by atoms with Crippen LogP contribution in [0.1, 0.15) is 13.8 Å². The molecular weight excluding hydrogens is 208 g/mol. The summed E-state index contributed by atoms with van der Waals surface area (Å²) >= 11 is 0. The zero-order chi connectivity index (χ0) is 12.0. The number of methoxy groups -OCH3 is 1. The van der Waals surface area contributed by atoms with E-state index in [1.807, 2.05) is 0 Å². The Bertz CT molecular complexity index is 225. The van der Waals surface area contributed by atoms with Crippen LogP contribution in [-0.4, -0.2) is 62.9 Å². The number of hydrogen-bond donors (Lipinski definition) is 1. The number of carbonyl (C=O) groups excluding carboxylic acids is 1. The van der Waals surface area contributed by atoms with Gasteiger partial charge in [0, 0.05) is 33.3 Å². The van der Waals surface area contributed by atoms with E-state index in [2.05, 4.69) is 10.2 Å². The third-order valence-corrected chi connectivity index (χ3v) is 2.87. The second-order valence-electron chi connectivity index (χ2n) is 4.42. The predicted molar refractivity (Wildman–Crippen MR) is 61.4 cm³/mol. The molecule has 1 N–H and O–H groups in total. The summed E-state index contributed by atoms with van der Waals surface area (Å²) in [5.41, 5.74) is -0.745. The number of amides is 1. The Morgan fingerprint density at radius 2 is 2.06 bits per heavy atom. The van der Waals surface area contributed by atoms with E-state index in [4.69, 9.17) is 9.47 Å². The zero-order valence-corrected chi connectivity index (χ0v) is 10.4. The number of nitrogens with zero attached hydrogens (tertiary/aromatic N) is 1. The summed E-state index contributed by atoms with van der Waals surface area (Å²) in [6, 6.07) is 0. The molecule has 1 saturated heterocycles. The number of morpholine rings is 1. The van der Waals surface area contributed by atoms with Gasteiger partial charge in [-0.3, -0.25) is 9.69 Å². The summed E-state index contributed by atoms with van der Waals surface area (Å²) < 4.78 is 10.3. The van der Waals surface area contributed by atoms with E-state index in [9.17, 15) is 4.79 Å². The van der Waals surface area contributed by atoms with Gasteiger partial charge in [-0.15, -0.1) is 0 Å². The van der Waals surface area contributed by atoms with Gasteiger partial charge in [-0.05, 0) is 13.8 Å². The maximum Gasteiger partial charge on any atom is 0.251 e. The first-order chi connectivity index (χ1) is 7.56. The summed E-state index contributed by atoms with van der Waals surface area (Å²) in [6.07, 6.45) is 0. The lowest BCUT2D eigenvalue weighted by molar-refractivity contribution is -0.139. The van der Waals surface area contributed by atoms with Crippen LogP contribution in [-0.2, 0) is 14.3 Å². The molecule has 0 unspecified atom stereocenters. The highest BCUT2D eigenvalue weighted by molar-refractivity contribution is 5.84. The fourth-order valence-corrected chi connectivity index (χ4v) is 1.46. The highest BCUT2D eigenvalue weighted by atomic mass is 16.5. The SMILES string of the molecule is COC(C)(C)C(=O)NCCN1CCOCC1. The van der Waals surface area contributed by atoms with E-state index in [-0.39, 0.29) is 5.91 Å². The molecule has 0 aromatic carbocycles. The van der Waals surface area contributed by atoms with Gasteiger partial charge >= 0.3 is 0 Å². The van der Waals surface area contributed by atoms with Crippen molar-refractivity contribution in [3.8, 4) is 0 Å². The average molecular weight is 230 g/mol. The van der Waals surface area contributed by atoms with Gasteiger partial charge in [0.25, 0.3) is 5.91 Å². The molecule has 0 bridgehead atoms. The summed E-state index contributed by atoms with van der Waals surface area (Å²) in [6.45, 7) is 8.52. The molecule has 0 radical (unpaired) electrons. The van der Waals surface area contributed by atoms with Crippen LogP contribution in [0.2, 0.25) is 0 Å². The molecule has 0 aliphatic carbocycles. The Morgan fingerprint density at radius 3 is 2.62 bits per heavy atom. The summed E-state index contributed by atoms with van der Waals surface area (Å²) in [5.74, 6) is -0.0664. The van der Waals surface area contributed by atoms with E-state index in [0.29, 0.717) is 6.54 Å². The number of carbonyl (C=O) groups is 1. The quantitative estimate of drug-likeness (QED) is 0.714. The van der Waals surface area contributed by atoms with Crippen molar-refractivity contribution in [2.24, 2.45) is 0 Å². The Balaban J connectivity index is 2.17. The predicted octanol–water partition coefficient (Wildman–Crippen LogP) is -0.140. The lowest BCUT2D eigenvalue weighted by atomic mass is 10.1. The number of hydrogen-bond acceptors (Lipinski definition) is 4. The molecule has 16 heavy (non-hydrogen) atoms. The minimum absolute atomic E-state index is 0.0664. The first-order valence-corrected chi connectivity index (χ1v) is 5.70. The molecule has 94 valence electrons. The Kier molecular flexibility index (Phi) is 5.18. The van der Waals surface area contributed by atoms with E-state index < -0.39 is 5.60 Å². The Morgan fingerprint density at radius 1 is 1.44 bits per heavy atom. The molecule has 5 nitrogen and oxygen atoms in total. The Hall–Kier alpha value is -0.650. The van der Waals surface area contributed by atoms with E-state index in [1.165, 1.54) is 0 Å². The van der Waals surface area contributed by atoms with Gasteiger partial charge in [0.2, 0.25) is 0 Å². The van der Waals surface area contributed by atoms with Crippen molar-refractivity contribution in [2.45, 2.75) is 19.4 Å². The maximum atomic E-state index is 11.7. The number of ether oxygens (including phenoxy) is 2. The minimum atomic E-state index is -0.745. The van der Waals surface area contributed by atoms with Crippen molar-refractivity contribution in [1.29, 1.82) is 0 Å². The third-order valence-electron chi connectivity index (χ3n) is 2.87. The van der Waals surface area contributed by atoms with Crippen LogP contribution in [0.4, 0.5) is 0 Å². The van der Waals surface area contributed by atoms with Gasteiger partial charge in [0.1, 0.15) is 5.60 Å². The summed E-state index contributed by atoms with van der Waals surface area (Å²) in [7, 11) is 1.54. The molecule has 1 aliphatic heterocycles. The average Bonchev–Trinajstić information content (AvgIpc) is 2.30. The molecule has 0 aromatic rings. The van der Waals surface area contributed by atoms with Crippen LogP contribution in [0.25, 0.3) is 0 Å². The molecule has 1 amide bonds. The lowest BCUT2D eigenvalue weighted by Gasteiger charge is -2.27. The molecule has 1 aliphatic rings. The van der Waals surface area contributed by atoms with Crippen molar-refractivity contribution in [3.63, 3.8) is 0 Å². The highest BCUT2D eigenvalue weighted by Crippen LogP contribution is 2.06. The monoisotopic (exact) mass is 230 g/mol. The van der Waals surface area contributed by atoms with Gasteiger partial charge in [-0.2, -0.15) is 0 Å². The van der Waals surface area contributed by atoms with Crippen LogP contribution in [0.15, 0.2) is 0 Å². The van der Waals surface area contributed by atoms with E-state index in [0.717, 1.165) is 32.8 Å². The number of rotatable bonds is 5. The van der Waals surface area contributed by atoms with Gasteiger partial charge < -0.3 is 14.8 Å². The zero-order valence-electron chi connectivity index (χ0n) is 10.4. The summed E-state index contributed by atoms with van der Waals surface area (Å²) in [5, 5.41) is 2.87. The fraction of sp³-hybridized carbons (Fsp3) is 0.909. The molecule has 5 heteroatoms. The van der Waals surface area contributed by atoms with E-state index in [1.54, 1.807) is 21.0 Å². The van der Waals surface area contributed by atoms with Crippen LogP contribution < -0.4 is 5.32 Å². The van der Waals surface area contributed by atoms with E-state index >= 15 is 0 Å². The Labute approximate surface area is 97.1 Å². The minimum Gasteiger partial charge on any atom is -0.379 e. The highest BCUT2D eigenvalue weighted by Gasteiger charge is 2.26. The largest absolute Gasteiger partial charge is 0.379 e. The molecule has 0 atom stereocenters. The van der Waals surface area contributed by atoms with Gasteiger partial charge in [0.15, 0.2) is 0 Å². The van der Waals surface area contributed by atoms with Crippen molar-refractivity contribution in [3.05, 3.63) is 0 Å². The normalized spacial score (nSPS) is 18.4. The van der Waals surface area contributed by atoms with Crippen LogP contribution in [0.3, 0.4) is 0 Å². The van der Waals surface area contributed by atoms with Crippen molar-refractivity contribution in [2.75, 3.05) is 46.5 Å². The molecule has 1 fully saturated rings. The third kappa shape index (κ3) is 4.08. The second-order valence-corrected chi connectivity index (χ2v) is 4.42. The second kappa shape index (κ2) is 6.18. The van der Waals surface area contributed by atoms with Crippen molar-refractivity contribution >= 4 is 5.91 Å². The van der Waals surface area contributed by atoms with Crippen LogP contribution in [0, 0.1) is 0 Å². The molecule has 0 aromatic heterocycles. The lowest BCUT2D eigenvalue weighted by Crippen LogP contribution is -2.47. The summed E-state index contributed by atoms with van der Waals surface area (Å²) in [4.78, 5) is 13.9. The first-order valence-electron chi connectivity index (χ1n) is 5.70. The number of nitrogens with one attached hydrogen (secondary N) is 1. The van der Waals surface area contributed by atoms with Gasteiger partial charge in [0.05, 0.1) is 13.2 Å². The van der Waals surface area contributed by atoms with Crippen molar-refractivity contribution in [1.82, 2.24) is 10.2 Å². The molecule has 0 saturated carbocycles. The van der Waals surface area contributed by atoms with Crippen molar-refractivity contribution < 1.29 is 14.3 Å². The smallest absolute Gasteiger partial charge is 0.251 e. The van der Waals surface area contributed by atoms with Crippen LogP contribution >= 0.6 is 0 Å². The van der Waals surface area contributed by atoms with Gasteiger partial charge in [-0.1, -0.05) is 0 Å². The molecule has 1 heterocycles. The maximum absolute atomic E-state index is 11.7. The van der Waals surface area contributed by atoms with Crippen LogP contribution in [0.5, 0.6) is 0 Å². The molecule has 0 spiro atoms. The van der Waals surface area contributed by atoms with Gasteiger partial charge in [-0.25, -0.2) is 0 Å². The topological polar surface area (TPSA) is 50.8 Å². The molecular formula is C11H22N2O3. The fourth-order valence-electron chi connectivity index (χ4n) is 1.46.